The Bertz CT molecular complexity index is 532. The highest BCUT2D eigenvalue weighted by molar-refractivity contribution is 9.10. The minimum Gasteiger partial charge on any atom is -0.495 e. The fourth-order valence-corrected chi connectivity index (χ4v) is 1.69. The molecule has 0 bridgehead atoms. The van der Waals surface area contributed by atoms with Gasteiger partial charge in [0.1, 0.15) is 11.5 Å². The molecule has 0 amide bonds. The number of benzene rings is 1. The van der Waals surface area contributed by atoms with Gasteiger partial charge >= 0.3 is 6.01 Å². The normalized spacial score (nSPS) is 10.1. The van der Waals surface area contributed by atoms with Crippen molar-refractivity contribution in [2.45, 2.75) is 6.92 Å². The Morgan fingerprint density at radius 2 is 2.06 bits per heavy atom. The molecule has 0 aliphatic rings. The SMILES string of the molecule is COc1cc(Oc2nccc(C)n2)ccc1Br. The zero-order chi connectivity index (χ0) is 12.3. The van der Waals surface area contributed by atoms with Gasteiger partial charge in [-0.2, -0.15) is 0 Å². The first-order valence-electron chi connectivity index (χ1n) is 5.00. The fraction of sp³-hybridized carbons (Fsp3) is 0.167. The molecule has 4 nitrogen and oxygen atoms in total. The smallest absolute Gasteiger partial charge is 0.322 e. The Hall–Kier alpha value is -1.62. The van der Waals surface area contributed by atoms with Gasteiger partial charge in [-0.3, -0.25) is 0 Å². The predicted molar refractivity (Wildman–Crippen MR) is 67.5 cm³/mol. The molecule has 0 fully saturated rings. The summed E-state index contributed by atoms with van der Waals surface area (Å²) in [7, 11) is 1.60. The van der Waals surface area contributed by atoms with E-state index in [0.29, 0.717) is 17.5 Å². The summed E-state index contributed by atoms with van der Waals surface area (Å²) in [5.74, 6) is 1.34. The highest BCUT2D eigenvalue weighted by Gasteiger charge is 2.05. The van der Waals surface area contributed by atoms with E-state index in [0.717, 1.165) is 10.2 Å². The highest BCUT2D eigenvalue weighted by Crippen LogP contribution is 2.30. The molecule has 2 rings (SSSR count). The van der Waals surface area contributed by atoms with Crippen LogP contribution in [0.3, 0.4) is 0 Å². The van der Waals surface area contributed by atoms with Crippen LogP contribution in [0, 0.1) is 6.92 Å². The van der Waals surface area contributed by atoms with Crippen molar-refractivity contribution in [3.8, 4) is 17.5 Å². The van der Waals surface area contributed by atoms with Crippen LogP contribution in [0.5, 0.6) is 17.5 Å². The van der Waals surface area contributed by atoms with Crippen LogP contribution in [-0.2, 0) is 0 Å². The summed E-state index contributed by atoms with van der Waals surface area (Å²) in [6, 6.07) is 7.59. The molecule has 1 aromatic heterocycles. The van der Waals surface area contributed by atoms with E-state index in [1.807, 2.05) is 25.1 Å². The Morgan fingerprint density at radius 1 is 1.24 bits per heavy atom. The van der Waals surface area contributed by atoms with Crippen LogP contribution in [-0.4, -0.2) is 17.1 Å². The van der Waals surface area contributed by atoms with Gasteiger partial charge in [-0.05, 0) is 41.1 Å². The zero-order valence-electron chi connectivity index (χ0n) is 9.48. The van der Waals surface area contributed by atoms with E-state index in [4.69, 9.17) is 9.47 Å². The van der Waals surface area contributed by atoms with Crippen LogP contribution < -0.4 is 9.47 Å². The summed E-state index contributed by atoms with van der Waals surface area (Å²) in [5.41, 5.74) is 0.860. The second kappa shape index (κ2) is 5.14. The molecular weight excluding hydrogens is 284 g/mol. The molecule has 0 saturated heterocycles. The quantitative estimate of drug-likeness (QED) is 0.871. The maximum atomic E-state index is 5.53. The van der Waals surface area contributed by atoms with Gasteiger partial charge in [-0.1, -0.05) is 0 Å². The molecule has 0 saturated carbocycles. The summed E-state index contributed by atoms with van der Waals surface area (Å²) in [4.78, 5) is 8.19. The first-order chi connectivity index (χ1) is 8.19. The highest BCUT2D eigenvalue weighted by atomic mass is 79.9. The van der Waals surface area contributed by atoms with Crippen molar-refractivity contribution in [3.05, 3.63) is 40.6 Å². The number of halogens is 1. The van der Waals surface area contributed by atoms with Crippen LogP contribution in [0.4, 0.5) is 0 Å². The number of hydrogen-bond acceptors (Lipinski definition) is 4. The van der Waals surface area contributed by atoms with Gasteiger partial charge in [0.05, 0.1) is 11.6 Å². The second-order valence-electron chi connectivity index (χ2n) is 3.38. The van der Waals surface area contributed by atoms with E-state index in [9.17, 15) is 0 Å². The summed E-state index contributed by atoms with van der Waals surface area (Å²) < 4.78 is 11.6. The van der Waals surface area contributed by atoms with Crippen LogP contribution in [0.2, 0.25) is 0 Å². The Balaban J connectivity index is 2.24. The van der Waals surface area contributed by atoms with Gasteiger partial charge in [0.25, 0.3) is 0 Å². The molecular formula is C12H11BrN2O2. The molecule has 0 radical (unpaired) electrons. The maximum absolute atomic E-state index is 5.53. The number of aromatic nitrogens is 2. The van der Waals surface area contributed by atoms with Crippen LogP contribution in [0.15, 0.2) is 34.9 Å². The lowest BCUT2D eigenvalue weighted by Gasteiger charge is -2.07. The van der Waals surface area contributed by atoms with Gasteiger partial charge in [0.2, 0.25) is 0 Å². The fourth-order valence-electron chi connectivity index (χ4n) is 1.28. The van der Waals surface area contributed by atoms with Crippen molar-refractivity contribution in [1.29, 1.82) is 0 Å². The van der Waals surface area contributed by atoms with Crippen molar-refractivity contribution in [2.24, 2.45) is 0 Å². The summed E-state index contributed by atoms with van der Waals surface area (Å²) >= 11 is 3.38. The first kappa shape index (κ1) is 11.9. The number of hydrogen-bond donors (Lipinski definition) is 0. The predicted octanol–water partition coefficient (Wildman–Crippen LogP) is 3.35. The Kier molecular flexibility index (Phi) is 3.58. The molecule has 1 heterocycles. The third-order valence-electron chi connectivity index (χ3n) is 2.10. The minimum absolute atomic E-state index is 0.328. The minimum atomic E-state index is 0.328. The zero-order valence-corrected chi connectivity index (χ0v) is 11.1. The summed E-state index contributed by atoms with van der Waals surface area (Å²) in [6.07, 6.45) is 1.66. The molecule has 2 aromatic rings. The van der Waals surface area contributed by atoms with Gasteiger partial charge in [-0.15, -0.1) is 0 Å². The molecule has 5 heteroatoms. The van der Waals surface area contributed by atoms with Crippen LogP contribution in [0.25, 0.3) is 0 Å². The van der Waals surface area contributed by atoms with Gasteiger partial charge in [0, 0.05) is 18.0 Å². The largest absolute Gasteiger partial charge is 0.495 e. The average Bonchev–Trinajstić information content (AvgIpc) is 2.32. The van der Waals surface area contributed by atoms with E-state index in [-0.39, 0.29) is 0 Å². The number of methoxy groups -OCH3 is 1. The van der Waals surface area contributed by atoms with E-state index in [2.05, 4.69) is 25.9 Å². The maximum Gasteiger partial charge on any atom is 0.322 e. The molecule has 0 unspecified atom stereocenters. The van der Waals surface area contributed by atoms with Crippen molar-refractivity contribution in [1.82, 2.24) is 9.97 Å². The molecule has 1 aromatic carbocycles. The topological polar surface area (TPSA) is 44.2 Å². The molecule has 0 aliphatic carbocycles. The van der Waals surface area contributed by atoms with Crippen LogP contribution >= 0.6 is 15.9 Å². The number of aryl methyl sites for hydroxylation is 1. The molecule has 0 spiro atoms. The average molecular weight is 295 g/mol. The summed E-state index contributed by atoms with van der Waals surface area (Å²) in [5, 5.41) is 0. The molecule has 0 atom stereocenters. The monoisotopic (exact) mass is 294 g/mol. The van der Waals surface area contributed by atoms with Gasteiger partial charge < -0.3 is 9.47 Å². The third-order valence-corrected chi connectivity index (χ3v) is 2.76. The lowest BCUT2D eigenvalue weighted by molar-refractivity contribution is 0.401. The number of nitrogens with zero attached hydrogens (tertiary/aromatic N) is 2. The summed E-state index contributed by atoms with van der Waals surface area (Å²) in [6.45, 7) is 1.89. The Labute approximate surface area is 108 Å². The van der Waals surface area contributed by atoms with Gasteiger partial charge in [0.15, 0.2) is 0 Å². The van der Waals surface area contributed by atoms with Crippen LogP contribution in [0.1, 0.15) is 5.69 Å². The van der Waals surface area contributed by atoms with E-state index in [1.54, 1.807) is 19.4 Å². The lowest BCUT2D eigenvalue weighted by Crippen LogP contribution is -1.93. The molecule has 0 N–H and O–H groups in total. The van der Waals surface area contributed by atoms with E-state index in [1.165, 1.54) is 0 Å². The van der Waals surface area contributed by atoms with E-state index < -0.39 is 0 Å². The standard InChI is InChI=1S/C12H11BrN2O2/c1-8-5-6-14-12(15-8)17-9-3-4-10(13)11(7-9)16-2/h3-7H,1-2H3. The Morgan fingerprint density at radius 3 is 2.76 bits per heavy atom. The molecule has 0 aliphatic heterocycles. The first-order valence-corrected chi connectivity index (χ1v) is 5.79. The number of rotatable bonds is 3. The molecule has 88 valence electrons. The van der Waals surface area contributed by atoms with Crippen molar-refractivity contribution in [2.75, 3.05) is 7.11 Å². The number of ether oxygens (including phenoxy) is 2. The lowest BCUT2D eigenvalue weighted by atomic mass is 10.3. The van der Waals surface area contributed by atoms with Crippen molar-refractivity contribution in [3.63, 3.8) is 0 Å². The van der Waals surface area contributed by atoms with E-state index >= 15 is 0 Å². The second-order valence-corrected chi connectivity index (χ2v) is 4.23. The van der Waals surface area contributed by atoms with Gasteiger partial charge in [-0.25, -0.2) is 9.97 Å². The molecule has 17 heavy (non-hydrogen) atoms. The van der Waals surface area contributed by atoms with Crippen molar-refractivity contribution >= 4 is 15.9 Å². The van der Waals surface area contributed by atoms with Crippen molar-refractivity contribution < 1.29 is 9.47 Å². The third kappa shape index (κ3) is 2.94.